The zero-order chi connectivity index (χ0) is 14.5. The zero-order valence-corrected chi connectivity index (χ0v) is 14.1. The van der Waals surface area contributed by atoms with E-state index in [1.54, 1.807) is 0 Å². The summed E-state index contributed by atoms with van der Waals surface area (Å²) in [6, 6.07) is 0. The molecule has 1 aliphatic heterocycles. The molecular weight excluding hydrogens is 244 g/mol. The Bertz CT molecular complexity index is 277. The fraction of sp³-hybridized carbons (Fsp3) is 1.00. The molecule has 1 heterocycles. The minimum atomic E-state index is 0.431. The van der Waals surface area contributed by atoms with E-state index in [2.05, 4.69) is 31.0 Å². The van der Waals surface area contributed by atoms with Gasteiger partial charge in [-0.1, -0.05) is 52.9 Å². The monoisotopic (exact) mass is 280 g/mol. The van der Waals surface area contributed by atoms with Crippen molar-refractivity contribution in [2.24, 2.45) is 0 Å². The van der Waals surface area contributed by atoms with Gasteiger partial charge in [0.2, 0.25) is 0 Å². The summed E-state index contributed by atoms with van der Waals surface area (Å²) in [5, 5.41) is 3.98. The lowest BCUT2D eigenvalue weighted by Gasteiger charge is -2.54. The van der Waals surface area contributed by atoms with E-state index in [0.29, 0.717) is 11.1 Å². The van der Waals surface area contributed by atoms with Crippen LogP contribution in [0.4, 0.5) is 0 Å². The van der Waals surface area contributed by atoms with Gasteiger partial charge < -0.3 is 5.32 Å². The van der Waals surface area contributed by atoms with Crippen molar-refractivity contribution in [1.82, 2.24) is 10.2 Å². The number of unbranched alkanes of at least 4 members (excludes halogenated alkanes) is 3. The van der Waals surface area contributed by atoms with Crippen molar-refractivity contribution in [3.05, 3.63) is 0 Å². The molecular formula is C18H36N2. The van der Waals surface area contributed by atoms with E-state index < -0.39 is 0 Å². The van der Waals surface area contributed by atoms with E-state index >= 15 is 0 Å². The second-order valence-corrected chi connectivity index (χ2v) is 7.25. The van der Waals surface area contributed by atoms with Gasteiger partial charge in [0.15, 0.2) is 0 Å². The third-order valence-corrected chi connectivity index (χ3v) is 6.12. The highest BCUT2D eigenvalue weighted by molar-refractivity contribution is 5.06. The van der Waals surface area contributed by atoms with Crippen LogP contribution in [0.3, 0.4) is 0 Å². The van der Waals surface area contributed by atoms with Gasteiger partial charge in [-0.05, 0) is 38.6 Å². The first kappa shape index (κ1) is 16.3. The molecule has 1 spiro atoms. The van der Waals surface area contributed by atoms with Crippen LogP contribution in [0.25, 0.3) is 0 Å². The topological polar surface area (TPSA) is 15.3 Å². The smallest absolute Gasteiger partial charge is 0.0329 e. The molecule has 0 atom stereocenters. The summed E-state index contributed by atoms with van der Waals surface area (Å²) >= 11 is 0. The molecule has 2 heteroatoms. The summed E-state index contributed by atoms with van der Waals surface area (Å²) in [4.78, 5) is 2.88. The third kappa shape index (κ3) is 3.39. The summed E-state index contributed by atoms with van der Waals surface area (Å²) < 4.78 is 0. The standard InChI is InChI=1S/C18H36N2/c1-4-7-8-11-14-20-16-17(12-9-10-13-17)19-15-18(20,5-2)6-3/h19H,4-16H2,1-3H3. The van der Waals surface area contributed by atoms with Gasteiger partial charge in [0, 0.05) is 24.2 Å². The Labute approximate surface area is 126 Å². The van der Waals surface area contributed by atoms with E-state index in [1.807, 2.05) is 0 Å². The number of rotatable bonds is 7. The molecule has 1 aliphatic carbocycles. The maximum Gasteiger partial charge on any atom is 0.0329 e. The van der Waals surface area contributed by atoms with Gasteiger partial charge in [0.05, 0.1) is 0 Å². The van der Waals surface area contributed by atoms with Crippen LogP contribution in [0.1, 0.15) is 85.0 Å². The second-order valence-electron chi connectivity index (χ2n) is 7.25. The van der Waals surface area contributed by atoms with Gasteiger partial charge in [-0.2, -0.15) is 0 Å². The van der Waals surface area contributed by atoms with Crippen LogP contribution in [-0.4, -0.2) is 35.6 Å². The summed E-state index contributed by atoms with van der Waals surface area (Å²) in [6.07, 6.45) is 13.8. The van der Waals surface area contributed by atoms with Crippen LogP contribution < -0.4 is 5.32 Å². The molecule has 0 radical (unpaired) electrons. The molecule has 1 saturated carbocycles. The first-order valence-corrected chi connectivity index (χ1v) is 9.20. The van der Waals surface area contributed by atoms with Crippen molar-refractivity contribution in [2.45, 2.75) is 96.1 Å². The first-order chi connectivity index (χ1) is 9.70. The SMILES string of the molecule is CCCCCCN1CC2(CCCC2)NCC1(CC)CC. The number of hydrogen-bond acceptors (Lipinski definition) is 2. The summed E-state index contributed by atoms with van der Waals surface area (Å²) in [7, 11) is 0. The van der Waals surface area contributed by atoms with E-state index in [0.717, 1.165) is 0 Å². The van der Waals surface area contributed by atoms with Gasteiger partial charge in [0.25, 0.3) is 0 Å². The highest BCUT2D eigenvalue weighted by Gasteiger charge is 2.46. The van der Waals surface area contributed by atoms with E-state index in [4.69, 9.17) is 0 Å². The Morgan fingerprint density at radius 3 is 2.25 bits per heavy atom. The molecule has 0 aromatic heterocycles. The summed E-state index contributed by atoms with van der Waals surface area (Å²) in [5.41, 5.74) is 0.901. The normalized spacial score (nSPS) is 25.4. The van der Waals surface area contributed by atoms with E-state index in [-0.39, 0.29) is 0 Å². The number of nitrogens with zero attached hydrogens (tertiary/aromatic N) is 1. The average molecular weight is 280 g/mol. The van der Waals surface area contributed by atoms with Crippen LogP contribution in [0.2, 0.25) is 0 Å². The highest BCUT2D eigenvalue weighted by atomic mass is 15.3. The quantitative estimate of drug-likeness (QED) is 0.698. The van der Waals surface area contributed by atoms with Crippen LogP contribution in [0, 0.1) is 0 Å². The highest BCUT2D eigenvalue weighted by Crippen LogP contribution is 2.38. The zero-order valence-electron chi connectivity index (χ0n) is 14.1. The molecule has 1 N–H and O–H groups in total. The summed E-state index contributed by atoms with van der Waals surface area (Å²) in [5.74, 6) is 0. The lowest BCUT2D eigenvalue weighted by atomic mass is 9.82. The number of nitrogens with one attached hydrogen (secondary N) is 1. The molecule has 20 heavy (non-hydrogen) atoms. The van der Waals surface area contributed by atoms with Gasteiger partial charge in [-0.3, -0.25) is 4.90 Å². The van der Waals surface area contributed by atoms with Crippen molar-refractivity contribution in [2.75, 3.05) is 19.6 Å². The van der Waals surface area contributed by atoms with Crippen LogP contribution in [-0.2, 0) is 0 Å². The molecule has 2 fully saturated rings. The van der Waals surface area contributed by atoms with Crippen LogP contribution in [0.5, 0.6) is 0 Å². The molecule has 0 unspecified atom stereocenters. The Morgan fingerprint density at radius 1 is 0.950 bits per heavy atom. The predicted molar refractivity (Wildman–Crippen MR) is 88.2 cm³/mol. The molecule has 2 nitrogen and oxygen atoms in total. The van der Waals surface area contributed by atoms with E-state index in [1.165, 1.54) is 83.8 Å². The minimum Gasteiger partial charge on any atom is -0.308 e. The second kappa shape index (κ2) is 7.26. The maximum absolute atomic E-state index is 3.98. The van der Waals surface area contributed by atoms with Gasteiger partial charge in [0.1, 0.15) is 0 Å². The fourth-order valence-electron chi connectivity index (χ4n) is 4.43. The Kier molecular flexibility index (Phi) is 5.92. The lowest BCUT2D eigenvalue weighted by Crippen LogP contribution is -2.69. The molecule has 2 aliphatic rings. The van der Waals surface area contributed by atoms with Gasteiger partial charge >= 0.3 is 0 Å². The van der Waals surface area contributed by atoms with Crippen LogP contribution >= 0.6 is 0 Å². The average Bonchev–Trinajstić information content (AvgIpc) is 2.93. The predicted octanol–water partition coefficient (Wildman–Crippen LogP) is 4.34. The number of piperazine rings is 1. The molecule has 0 amide bonds. The van der Waals surface area contributed by atoms with Gasteiger partial charge in [-0.25, -0.2) is 0 Å². The first-order valence-electron chi connectivity index (χ1n) is 9.20. The molecule has 1 saturated heterocycles. The largest absolute Gasteiger partial charge is 0.308 e. The van der Waals surface area contributed by atoms with Crippen molar-refractivity contribution in [3.63, 3.8) is 0 Å². The Balaban J connectivity index is 1.98. The lowest BCUT2D eigenvalue weighted by molar-refractivity contribution is -0.00118. The Hall–Kier alpha value is -0.0800. The van der Waals surface area contributed by atoms with E-state index in [9.17, 15) is 0 Å². The molecule has 0 aromatic carbocycles. The Morgan fingerprint density at radius 2 is 1.65 bits per heavy atom. The van der Waals surface area contributed by atoms with Crippen molar-refractivity contribution < 1.29 is 0 Å². The van der Waals surface area contributed by atoms with Crippen LogP contribution in [0.15, 0.2) is 0 Å². The molecule has 118 valence electrons. The van der Waals surface area contributed by atoms with Crippen molar-refractivity contribution in [1.29, 1.82) is 0 Å². The fourth-order valence-corrected chi connectivity index (χ4v) is 4.43. The maximum atomic E-state index is 3.98. The molecule has 0 bridgehead atoms. The summed E-state index contributed by atoms with van der Waals surface area (Å²) in [6.45, 7) is 10.9. The van der Waals surface area contributed by atoms with Crippen molar-refractivity contribution in [3.8, 4) is 0 Å². The van der Waals surface area contributed by atoms with Gasteiger partial charge in [-0.15, -0.1) is 0 Å². The molecule has 2 rings (SSSR count). The number of hydrogen-bond donors (Lipinski definition) is 1. The third-order valence-electron chi connectivity index (χ3n) is 6.12. The molecule has 0 aromatic rings. The van der Waals surface area contributed by atoms with Crippen molar-refractivity contribution >= 4 is 0 Å². The minimum absolute atomic E-state index is 0.431.